The molecular formula is C28H36ClN3O2. The van der Waals surface area contributed by atoms with Gasteiger partial charge in [0.25, 0.3) is 5.91 Å². The minimum Gasteiger partial charge on any atom is -0.356 e. The largest absolute Gasteiger partial charge is 0.356 e. The van der Waals surface area contributed by atoms with Crippen molar-refractivity contribution < 1.29 is 9.59 Å². The van der Waals surface area contributed by atoms with Gasteiger partial charge in [-0.25, -0.2) is 0 Å². The number of nitrogens with one attached hydrogen (secondary N) is 1. The molecule has 2 aliphatic heterocycles. The Bertz CT molecular complexity index is 944. The summed E-state index contributed by atoms with van der Waals surface area (Å²) in [5.74, 6) is 0.675. The number of piperidine rings is 2. The van der Waals surface area contributed by atoms with Gasteiger partial charge in [0.15, 0.2) is 0 Å². The predicted octanol–water partition coefficient (Wildman–Crippen LogP) is 4.65. The smallest absolute Gasteiger partial charge is 0.253 e. The van der Waals surface area contributed by atoms with Crippen LogP contribution in [0.2, 0.25) is 5.02 Å². The molecule has 2 heterocycles. The third-order valence-electron chi connectivity index (χ3n) is 7.18. The van der Waals surface area contributed by atoms with Gasteiger partial charge in [-0.3, -0.25) is 9.59 Å². The van der Waals surface area contributed by atoms with E-state index in [1.165, 1.54) is 24.8 Å². The van der Waals surface area contributed by atoms with Crippen LogP contribution < -0.4 is 5.32 Å². The van der Waals surface area contributed by atoms with Crippen LogP contribution >= 0.6 is 11.6 Å². The molecule has 2 amide bonds. The number of carbonyl (C=O) groups is 2. The summed E-state index contributed by atoms with van der Waals surface area (Å²) in [5.41, 5.74) is 2.03. The van der Waals surface area contributed by atoms with E-state index >= 15 is 0 Å². The van der Waals surface area contributed by atoms with Gasteiger partial charge >= 0.3 is 0 Å². The third kappa shape index (κ3) is 7.07. The Morgan fingerprint density at radius 2 is 1.76 bits per heavy atom. The van der Waals surface area contributed by atoms with E-state index in [0.717, 1.165) is 44.8 Å². The highest BCUT2D eigenvalue weighted by Crippen LogP contribution is 2.22. The molecule has 34 heavy (non-hydrogen) atoms. The second-order valence-electron chi connectivity index (χ2n) is 9.72. The molecule has 182 valence electrons. The topological polar surface area (TPSA) is 52.7 Å². The van der Waals surface area contributed by atoms with Crippen LogP contribution in [-0.4, -0.2) is 60.9 Å². The molecule has 2 fully saturated rings. The molecule has 5 nitrogen and oxygen atoms in total. The van der Waals surface area contributed by atoms with Gasteiger partial charge in [0.2, 0.25) is 5.91 Å². The summed E-state index contributed by atoms with van der Waals surface area (Å²) >= 11 is 6.04. The Morgan fingerprint density at radius 3 is 2.53 bits per heavy atom. The number of benzene rings is 2. The van der Waals surface area contributed by atoms with E-state index in [1.54, 1.807) is 29.2 Å². The molecule has 6 heteroatoms. The van der Waals surface area contributed by atoms with Crippen molar-refractivity contribution in [2.45, 2.75) is 38.5 Å². The maximum atomic E-state index is 12.8. The standard InChI is InChI=1S/C28H36ClN3O2/c29-26-11-4-9-24(20-26)28(34)32-16-5-10-25(21-32)27(33)30-14-6-15-31-17-12-23(13-18-31)19-22-7-2-1-3-8-22/h1-4,7-9,11,20,23,25H,5-6,10,12-19,21H2,(H,30,33)/t25-/m1/s1. The SMILES string of the molecule is O=C(NCCCN1CCC(Cc2ccccc2)CC1)[C@@H]1CCCN(C(=O)c2cccc(Cl)c2)C1. The van der Waals surface area contributed by atoms with Crippen molar-refractivity contribution >= 4 is 23.4 Å². The summed E-state index contributed by atoms with van der Waals surface area (Å²) in [6.45, 7) is 5.19. The quantitative estimate of drug-likeness (QED) is 0.558. The lowest BCUT2D eigenvalue weighted by Crippen LogP contribution is -2.45. The fourth-order valence-corrected chi connectivity index (χ4v) is 5.39. The van der Waals surface area contributed by atoms with Crippen LogP contribution in [0.4, 0.5) is 0 Å². The molecule has 4 rings (SSSR count). The van der Waals surface area contributed by atoms with Crippen molar-refractivity contribution in [3.05, 3.63) is 70.7 Å². The van der Waals surface area contributed by atoms with Crippen molar-refractivity contribution in [3.8, 4) is 0 Å². The highest BCUT2D eigenvalue weighted by Gasteiger charge is 2.29. The van der Waals surface area contributed by atoms with Crippen LogP contribution in [0.3, 0.4) is 0 Å². The van der Waals surface area contributed by atoms with Crippen LogP contribution in [0.25, 0.3) is 0 Å². The van der Waals surface area contributed by atoms with Crippen LogP contribution in [-0.2, 0) is 11.2 Å². The van der Waals surface area contributed by atoms with E-state index in [4.69, 9.17) is 11.6 Å². The van der Waals surface area contributed by atoms with Crippen molar-refractivity contribution in [3.63, 3.8) is 0 Å². The molecule has 0 unspecified atom stereocenters. The van der Waals surface area contributed by atoms with Crippen LogP contribution in [0, 0.1) is 11.8 Å². The van der Waals surface area contributed by atoms with Gasteiger partial charge in [-0.2, -0.15) is 0 Å². The number of nitrogens with zero attached hydrogens (tertiary/aromatic N) is 2. The van der Waals surface area contributed by atoms with E-state index in [1.807, 2.05) is 0 Å². The molecule has 2 aromatic carbocycles. The second-order valence-corrected chi connectivity index (χ2v) is 10.2. The summed E-state index contributed by atoms with van der Waals surface area (Å²) in [7, 11) is 0. The monoisotopic (exact) mass is 481 g/mol. The fourth-order valence-electron chi connectivity index (χ4n) is 5.20. The molecule has 2 aromatic rings. The zero-order valence-corrected chi connectivity index (χ0v) is 20.7. The molecule has 0 radical (unpaired) electrons. The minimum atomic E-state index is -0.134. The molecule has 0 spiro atoms. The number of likely N-dealkylation sites (tertiary alicyclic amines) is 2. The van der Waals surface area contributed by atoms with Crippen molar-refractivity contribution in [1.29, 1.82) is 0 Å². The first-order chi connectivity index (χ1) is 16.6. The molecule has 0 saturated carbocycles. The summed E-state index contributed by atoms with van der Waals surface area (Å²) < 4.78 is 0. The van der Waals surface area contributed by atoms with Crippen LogP contribution in [0.1, 0.15) is 48.0 Å². The third-order valence-corrected chi connectivity index (χ3v) is 7.41. The molecule has 1 N–H and O–H groups in total. The molecule has 0 bridgehead atoms. The van der Waals surface area contributed by atoms with Gasteiger partial charge in [0, 0.05) is 30.2 Å². The van der Waals surface area contributed by atoms with Gasteiger partial charge in [0.05, 0.1) is 5.92 Å². The van der Waals surface area contributed by atoms with E-state index in [9.17, 15) is 9.59 Å². The van der Waals surface area contributed by atoms with E-state index in [-0.39, 0.29) is 17.7 Å². The Balaban J connectivity index is 1.13. The average Bonchev–Trinajstić information content (AvgIpc) is 2.87. The zero-order chi connectivity index (χ0) is 23.8. The number of carbonyl (C=O) groups excluding carboxylic acids is 2. The van der Waals surface area contributed by atoms with Crippen molar-refractivity contribution in [2.24, 2.45) is 11.8 Å². The number of halogens is 1. The number of amides is 2. The molecule has 1 atom stereocenters. The maximum Gasteiger partial charge on any atom is 0.253 e. The second kappa shape index (κ2) is 12.4. The zero-order valence-electron chi connectivity index (χ0n) is 19.9. The molecule has 0 aromatic heterocycles. The van der Waals surface area contributed by atoms with Gasteiger partial charge in [-0.15, -0.1) is 0 Å². The minimum absolute atomic E-state index is 0.0457. The molecule has 2 aliphatic rings. The van der Waals surface area contributed by atoms with Gasteiger partial charge in [-0.05, 0) is 87.8 Å². The predicted molar refractivity (Wildman–Crippen MR) is 137 cm³/mol. The van der Waals surface area contributed by atoms with Gasteiger partial charge in [0.1, 0.15) is 0 Å². The van der Waals surface area contributed by atoms with Gasteiger partial charge in [-0.1, -0.05) is 48.0 Å². The summed E-state index contributed by atoms with van der Waals surface area (Å²) in [4.78, 5) is 29.9. The summed E-state index contributed by atoms with van der Waals surface area (Å²) in [6.07, 6.45) is 6.33. The summed E-state index contributed by atoms with van der Waals surface area (Å²) in [5, 5.41) is 3.67. The number of hydrogen-bond donors (Lipinski definition) is 1. The first kappa shape index (κ1) is 24.7. The lowest BCUT2D eigenvalue weighted by atomic mass is 9.90. The van der Waals surface area contributed by atoms with E-state index in [0.29, 0.717) is 30.2 Å². The molecule has 2 saturated heterocycles. The Labute approximate surface area is 208 Å². The normalized spacial score (nSPS) is 19.7. The lowest BCUT2D eigenvalue weighted by molar-refractivity contribution is -0.126. The maximum absolute atomic E-state index is 12.8. The highest BCUT2D eigenvalue weighted by molar-refractivity contribution is 6.30. The Hall–Kier alpha value is -2.37. The van der Waals surface area contributed by atoms with Crippen molar-refractivity contribution in [1.82, 2.24) is 15.1 Å². The van der Waals surface area contributed by atoms with Crippen molar-refractivity contribution in [2.75, 3.05) is 39.3 Å². The Kier molecular flexibility index (Phi) is 9.00. The Morgan fingerprint density at radius 1 is 0.971 bits per heavy atom. The van der Waals surface area contributed by atoms with Crippen LogP contribution in [0.15, 0.2) is 54.6 Å². The van der Waals surface area contributed by atoms with E-state index < -0.39 is 0 Å². The first-order valence-electron chi connectivity index (χ1n) is 12.7. The lowest BCUT2D eigenvalue weighted by Gasteiger charge is -2.33. The summed E-state index contributed by atoms with van der Waals surface area (Å²) in [6, 6.07) is 17.8. The number of hydrogen-bond acceptors (Lipinski definition) is 3. The molecule has 0 aliphatic carbocycles. The first-order valence-corrected chi connectivity index (χ1v) is 13.0. The van der Waals surface area contributed by atoms with E-state index in [2.05, 4.69) is 40.5 Å². The highest BCUT2D eigenvalue weighted by atomic mass is 35.5. The van der Waals surface area contributed by atoms with Crippen LogP contribution in [0.5, 0.6) is 0 Å². The average molecular weight is 482 g/mol. The fraction of sp³-hybridized carbons (Fsp3) is 0.500. The molecular weight excluding hydrogens is 446 g/mol. The number of rotatable bonds is 8. The van der Waals surface area contributed by atoms with Gasteiger partial charge < -0.3 is 15.1 Å².